The van der Waals surface area contributed by atoms with Crippen LogP contribution in [-0.4, -0.2) is 17.0 Å². The van der Waals surface area contributed by atoms with E-state index in [1.165, 1.54) is 0 Å². The molecule has 0 saturated carbocycles. The van der Waals surface area contributed by atoms with Gasteiger partial charge in [-0.2, -0.15) is 0 Å². The van der Waals surface area contributed by atoms with E-state index in [0.717, 1.165) is 5.56 Å². The number of anilines is 1. The normalized spacial score (nSPS) is 10.2. The summed E-state index contributed by atoms with van der Waals surface area (Å²) in [5, 5.41) is 12.1. The highest BCUT2D eigenvalue weighted by Crippen LogP contribution is 2.21. The van der Waals surface area contributed by atoms with Crippen LogP contribution in [-0.2, 0) is 0 Å². The average Bonchev–Trinajstić information content (AvgIpc) is 2.43. The average molecular weight is 283 g/mol. The van der Waals surface area contributed by atoms with Crippen LogP contribution < -0.4 is 5.32 Å². The van der Waals surface area contributed by atoms with Gasteiger partial charge in [0.1, 0.15) is 0 Å². The van der Waals surface area contributed by atoms with Crippen LogP contribution in [0.3, 0.4) is 0 Å². The number of carbonyl (C=O) groups excluding carboxylic acids is 1. The Morgan fingerprint density at radius 3 is 2.00 bits per heavy atom. The Balaban J connectivity index is 2.47. The van der Waals surface area contributed by atoms with E-state index >= 15 is 0 Å². The quantitative estimate of drug-likeness (QED) is 0.905. The smallest absolute Gasteiger partial charge is 0.336 e. The summed E-state index contributed by atoms with van der Waals surface area (Å²) in [5.74, 6) is -1.49. The van der Waals surface area contributed by atoms with Crippen molar-refractivity contribution in [1.29, 1.82) is 0 Å². The lowest BCUT2D eigenvalue weighted by Gasteiger charge is -2.13. The van der Waals surface area contributed by atoms with Crippen molar-refractivity contribution in [3.8, 4) is 0 Å². The monoisotopic (exact) mass is 283 g/mol. The third-order valence-corrected chi connectivity index (χ3v) is 3.46. The molecule has 0 fully saturated rings. The zero-order chi connectivity index (χ0) is 15.6. The summed E-state index contributed by atoms with van der Waals surface area (Å²) in [6.45, 7) is 5.31. The molecule has 0 radical (unpaired) electrons. The molecule has 2 N–H and O–H groups in total. The van der Waals surface area contributed by atoms with E-state index in [4.69, 9.17) is 0 Å². The van der Waals surface area contributed by atoms with Gasteiger partial charge >= 0.3 is 5.97 Å². The molecule has 2 aromatic rings. The Hall–Kier alpha value is -2.62. The third-order valence-electron chi connectivity index (χ3n) is 3.46. The van der Waals surface area contributed by atoms with E-state index in [1.54, 1.807) is 32.0 Å². The first-order chi connectivity index (χ1) is 9.91. The van der Waals surface area contributed by atoms with E-state index in [0.29, 0.717) is 16.8 Å². The number of nitrogens with one attached hydrogen (secondary N) is 1. The number of carboxylic acid groups (broad SMARTS) is 1. The second-order valence-electron chi connectivity index (χ2n) is 5.02. The number of amides is 1. The molecule has 0 aliphatic rings. The van der Waals surface area contributed by atoms with Gasteiger partial charge in [0.2, 0.25) is 0 Å². The molecule has 0 atom stereocenters. The molecule has 2 rings (SSSR count). The number of carbonyl (C=O) groups is 2. The van der Waals surface area contributed by atoms with Crippen molar-refractivity contribution in [3.05, 3.63) is 64.2 Å². The summed E-state index contributed by atoms with van der Waals surface area (Å²) in [7, 11) is 0. The molecule has 0 aliphatic heterocycles. The summed E-state index contributed by atoms with van der Waals surface area (Å²) in [4.78, 5) is 23.9. The molecule has 0 unspecified atom stereocenters. The second-order valence-corrected chi connectivity index (χ2v) is 5.02. The highest BCUT2D eigenvalue weighted by atomic mass is 16.4. The second kappa shape index (κ2) is 5.79. The fraction of sp³-hybridized carbons (Fsp3) is 0.176. The Labute approximate surface area is 123 Å². The summed E-state index contributed by atoms with van der Waals surface area (Å²) in [6.07, 6.45) is 0. The zero-order valence-electron chi connectivity index (χ0n) is 12.2. The first kappa shape index (κ1) is 14.8. The van der Waals surface area contributed by atoms with Gasteiger partial charge in [-0.3, -0.25) is 4.79 Å². The van der Waals surface area contributed by atoms with Crippen molar-refractivity contribution in [2.45, 2.75) is 20.8 Å². The fourth-order valence-electron chi connectivity index (χ4n) is 2.28. The molecule has 1 amide bonds. The Morgan fingerprint density at radius 1 is 0.857 bits per heavy atom. The molecule has 2 aromatic carbocycles. The van der Waals surface area contributed by atoms with Crippen LogP contribution in [0, 0.1) is 20.8 Å². The lowest BCUT2D eigenvalue weighted by Crippen LogP contribution is -2.19. The molecular formula is C17H17NO3. The predicted molar refractivity (Wildman–Crippen MR) is 82.0 cm³/mol. The molecule has 0 spiro atoms. The van der Waals surface area contributed by atoms with E-state index in [2.05, 4.69) is 5.32 Å². The maximum absolute atomic E-state index is 12.5. The number of carboxylic acids is 1. The van der Waals surface area contributed by atoms with Crippen molar-refractivity contribution in [2.75, 3.05) is 5.32 Å². The highest BCUT2D eigenvalue weighted by Gasteiger charge is 2.21. The van der Waals surface area contributed by atoms with Crippen LogP contribution in [0.5, 0.6) is 0 Å². The summed E-state index contributed by atoms with van der Waals surface area (Å²) in [6, 6.07) is 10.9. The summed E-state index contributed by atoms with van der Waals surface area (Å²) >= 11 is 0. The molecule has 4 nitrogen and oxygen atoms in total. The van der Waals surface area contributed by atoms with Crippen molar-refractivity contribution < 1.29 is 14.7 Å². The van der Waals surface area contributed by atoms with Gasteiger partial charge in [0.15, 0.2) is 0 Å². The molecule has 0 heterocycles. The fourth-order valence-corrected chi connectivity index (χ4v) is 2.28. The minimum Gasteiger partial charge on any atom is -0.478 e. The molecular weight excluding hydrogens is 266 g/mol. The molecule has 0 aromatic heterocycles. The number of rotatable bonds is 3. The Kier molecular flexibility index (Phi) is 4.08. The number of para-hydroxylation sites is 1. The molecule has 0 bridgehead atoms. The molecule has 4 heteroatoms. The first-order valence-electron chi connectivity index (χ1n) is 6.62. The summed E-state index contributed by atoms with van der Waals surface area (Å²) in [5.41, 5.74) is 3.09. The minimum atomic E-state index is -1.09. The maximum atomic E-state index is 12.5. The number of aryl methyl sites for hydroxylation is 3. The largest absolute Gasteiger partial charge is 0.478 e. The highest BCUT2D eigenvalue weighted by molar-refractivity contribution is 6.12. The van der Waals surface area contributed by atoms with Gasteiger partial charge in [-0.25, -0.2) is 4.79 Å². The topological polar surface area (TPSA) is 66.4 Å². The zero-order valence-corrected chi connectivity index (χ0v) is 12.2. The number of hydrogen-bond donors (Lipinski definition) is 2. The van der Waals surface area contributed by atoms with Gasteiger partial charge < -0.3 is 10.4 Å². The van der Waals surface area contributed by atoms with Crippen LogP contribution in [0.4, 0.5) is 5.69 Å². The standard InChI is InChI=1S/C17H17NO3/c1-10-6-4-5-7-13(10)18-16(19)14-11(2)8-9-12(3)15(14)17(20)21/h4-9H,1-3H3,(H,18,19)(H,20,21). The molecule has 0 saturated heterocycles. The Morgan fingerprint density at radius 2 is 1.43 bits per heavy atom. The van der Waals surface area contributed by atoms with Crippen molar-refractivity contribution >= 4 is 17.6 Å². The lowest BCUT2D eigenvalue weighted by atomic mass is 9.96. The number of benzene rings is 2. The van der Waals surface area contributed by atoms with Crippen LogP contribution in [0.25, 0.3) is 0 Å². The number of aromatic carboxylic acids is 1. The van der Waals surface area contributed by atoms with Crippen LogP contribution in [0.2, 0.25) is 0 Å². The Bertz CT molecular complexity index is 720. The summed E-state index contributed by atoms with van der Waals surface area (Å²) < 4.78 is 0. The van der Waals surface area contributed by atoms with Gasteiger partial charge in [-0.05, 0) is 43.5 Å². The first-order valence-corrected chi connectivity index (χ1v) is 6.62. The molecule has 0 aliphatic carbocycles. The molecule has 21 heavy (non-hydrogen) atoms. The van der Waals surface area contributed by atoms with E-state index in [1.807, 2.05) is 25.1 Å². The van der Waals surface area contributed by atoms with Gasteiger partial charge in [0.05, 0.1) is 11.1 Å². The van der Waals surface area contributed by atoms with Gasteiger partial charge in [0, 0.05) is 5.69 Å². The minimum absolute atomic E-state index is 0.0566. The SMILES string of the molecule is Cc1ccccc1NC(=O)c1c(C)ccc(C)c1C(=O)O. The van der Waals surface area contributed by atoms with E-state index in [9.17, 15) is 14.7 Å². The van der Waals surface area contributed by atoms with E-state index in [-0.39, 0.29) is 11.1 Å². The molecule has 108 valence electrons. The van der Waals surface area contributed by atoms with Gasteiger partial charge in [-0.1, -0.05) is 30.3 Å². The van der Waals surface area contributed by atoms with Crippen molar-refractivity contribution in [1.82, 2.24) is 0 Å². The maximum Gasteiger partial charge on any atom is 0.336 e. The van der Waals surface area contributed by atoms with Crippen LogP contribution >= 0.6 is 0 Å². The van der Waals surface area contributed by atoms with Gasteiger partial charge in [-0.15, -0.1) is 0 Å². The van der Waals surface area contributed by atoms with Crippen molar-refractivity contribution in [3.63, 3.8) is 0 Å². The predicted octanol–water partition coefficient (Wildman–Crippen LogP) is 3.56. The lowest BCUT2D eigenvalue weighted by molar-refractivity contribution is 0.0691. The van der Waals surface area contributed by atoms with Gasteiger partial charge in [0.25, 0.3) is 5.91 Å². The third kappa shape index (κ3) is 2.94. The van der Waals surface area contributed by atoms with Crippen molar-refractivity contribution in [2.24, 2.45) is 0 Å². The van der Waals surface area contributed by atoms with Crippen LogP contribution in [0.15, 0.2) is 36.4 Å². The number of hydrogen-bond acceptors (Lipinski definition) is 2. The van der Waals surface area contributed by atoms with E-state index < -0.39 is 11.9 Å². The van der Waals surface area contributed by atoms with Crippen LogP contribution in [0.1, 0.15) is 37.4 Å².